The van der Waals surface area contributed by atoms with Gasteiger partial charge in [0.15, 0.2) is 0 Å². The van der Waals surface area contributed by atoms with Crippen molar-refractivity contribution in [3.8, 4) is 0 Å². The zero-order valence-corrected chi connectivity index (χ0v) is 7.59. The summed E-state index contributed by atoms with van der Waals surface area (Å²) in [6, 6.07) is 6.04. The zero-order chi connectivity index (χ0) is 8.48. The molecular weight excluding hydrogens is 209 g/mol. The minimum absolute atomic E-state index is 0.147. The lowest BCUT2D eigenvalue weighted by atomic mass is 10.2. The molecule has 0 aromatic heterocycles. The summed E-state index contributed by atoms with van der Waals surface area (Å²) in [4.78, 5) is 0. The lowest BCUT2D eigenvalue weighted by Gasteiger charge is -2.08. The molecule has 0 unspecified atom stereocenters. The van der Waals surface area contributed by atoms with Crippen LogP contribution >= 0.6 is 34.8 Å². The summed E-state index contributed by atoms with van der Waals surface area (Å²) in [5, 5.41) is 0.408. The second-order valence-electron chi connectivity index (χ2n) is 2.01. The fourth-order valence-electron chi connectivity index (χ4n) is 0.665. The lowest BCUT2D eigenvalue weighted by Crippen LogP contribution is -2.00. The molecule has 0 saturated heterocycles. The molecule has 11 heavy (non-hydrogen) atoms. The van der Waals surface area contributed by atoms with Gasteiger partial charge in [-0.25, -0.2) is 4.39 Å². The molecule has 0 aliphatic heterocycles. The minimum Gasteiger partial charge on any atom is -0.203 e. The zero-order valence-electron chi connectivity index (χ0n) is 5.32. The Morgan fingerprint density at radius 1 is 1.27 bits per heavy atom. The molecule has 0 fully saturated rings. The van der Waals surface area contributed by atoms with Crippen molar-refractivity contribution in [3.05, 3.63) is 34.9 Å². The molecule has 1 aromatic rings. The van der Waals surface area contributed by atoms with Crippen molar-refractivity contribution in [2.24, 2.45) is 0 Å². The Balaban J connectivity index is 3.06. The summed E-state index contributed by atoms with van der Waals surface area (Å²) >= 11 is 15.9. The third kappa shape index (κ3) is 2.51. The van der Waals surface area contributed by atoms with Crippen LogP contribution in [0.15, 0.2) is 24.3 Å². The maximum atomic E-state index is 12.8. The van der Waals surface area contributed by atoms with Gasteiger partial charge in [-0.05, 0) is 12.1 Å². The molecule has 60 valence electrons. The lowest BCUT2D eigenvalue weighted by molar-refractivity contribution is 0.405. The average molecular weight is 213 g/mol. The van der Waals surface area contributed by atoms with Crippen molar-refractivity contribution in [1.82, 2.24) is 0 Å². The second kappa shape index (κ2) is 3.18. The molecule has 1 rings (SSSR count). The first-order valence-corrected chi connectivity index (χ1v) is 3.96. The largest absolute Gasteiger partial charge is 0.283 e. The summed E-state index contributed by atoms with van der Waals surface area (Å²) < 4.78 is 10.4. The quantitative estimate of drug-likeness (QED) is 0.621. The Morgan fingerprint density at radius 2 is 1.91 bits per heavy atom. The molecule has 0 nitrogen and oxygen atoms in total. The van der Waals surface area contributed by atoms with Gasteiger partial charge >= 0.3 is 0 Å². The summed E-state index contributed by atoms with van der Waals surface area (Å²) in [7, 11) is 0. The average Bonchev–Trinajstić information content (AvgIpc) is 1.86. The predicted molar refractivity (Wildman–Crippen MR) is 45.9 cm³/mol. The Labute approximate surface area is 78.9 Å². The van der Waals surface area contributed by atoms with Gasteiger partial charge in [0.1, 0.15) is 0 Å². The third-order valence-corrected chi connectivity index (χ3v) is 1.82. The van der Waals surface area contributed by atoms with Gasteiger partial charge in [-0.15, -0.1) is 0 Å². The number of benzene rings is 1. The topological polar surface area (TPSA) is 0 Å². The van der Waals surface area contributed by atoms with Gasteiger partial charge in [0, 0.05) is 10.6 Å². The highest BCUT2D eigenvalue weighted by Crippen LogP contribution is 2.35. The van der Waals surface area contributed by atoms with Crippen LogP contribution < -0.4 is 0 Å². The van der Waals surface area contributed by atoms with Crippen molar-refractivity contribution in [3.63, 3.8) is 0 Å². The highest BCUT2D eigenvalue weighted by atomic mass is 35.5. The molecule has 1 aromatic carbocycles. The van der Waals surface area contributed by atoms with Crippen LogP contribution in [0.2, 0.25) is 5.02 Å². The van der Waals surface area contributed by atoms with Crippen molar-refractivity contribution >= 4 is 34.8 Å². The monoisotopic (exact) mass is 212 g/mol. The number of halogens is 4. The smallest absolute Gasteiger partial charge is 0.203 e. The van der Waals surface area contributed by atoms with Crippen molar-refractivity contribution in [1.29, 1.82) is 0 Å². The van der Waals surface area contributed by atoms with E-state index in [-0.39, 0.29) is 5.56 Å². The predicted octanol–water partition coefficient (Wildman–Crippen LogP) is 3.90. The van der Waals surface area contributed by atoms with Crippen LogP contribution in [0.25, 0.3) is 0 Å². The first-order valence-electron chi connectivity index (χ1n) is 2.83. The molecular formula is C7H4Cl3F. The fourth-order valence-corrected chi connectivity index (χ4v) is 1.09. The molecule has 0 amide bonds. The summed E-state index contributed by atoms with van der Waals surface area (Å²) in [6.07, 6.45) is 0. The van der Waals surface area contributed by atoms with E-state index < -0.39 is 4.59 Å². The molecule has 0 bridgehead atoms. The van der Waals surface area contributed by atoms with Gasteiger partial charge < -0.3 is 0 Å². The standard InChI is InChI=1S/C7H4Cl3F/c8-6-3-1-2-5(4-6)7(9,10)11/h1-4H. The van der Waals surface area contributed by atoms with E-state index in [1.54, 1.807) is 12.1 Å². The molecule has 0 aliphatic carbocycles. The van der Waals surface area contributed by atoms with Crippen LogP contribution in [0.4, 0.5) is 4.39 Å². The van der Waals surface area contributed by atoms with Crippen molar-refractivity contribution in [2.45, 2.75) is 4.59 Å². The molecule has 0 aliphatic rings. The van der Waals surface area contributed by atoms with Gasteiger partial charge in [-0.1, -0.05) is 46.9 Å². The van der Waals surface area contributed by atoms with E-state index >= 15 is 0 Å². The van der Waals surface area contributed by atoms with Gasteiger partial charge in [-0.2, -0.15) is 0 Å². The van der Waals surface area contributed by atoms with Crippen molar-refractivity contribution < 1.29 is 4.39 Å². The Bertz CT molecular complexity index is 254. The van der Waals surface area contributed by atoms with Gasteiger partial charge in [0.05, 0.1) is 0 Å². The van der Waals surface area contributed by atoms with Crippen LogP contribution in [-0.2, 0) is 4.59 Å². The van der Waals surface area contributed by atoms with Crippen LogP contribution in [0, 0.1) is 0 Å². The number of hydrogen-bond acceptors (Lipinski definition) is 0. The van der Waals surface area contributed by atoms with Crippen LogP contribution in [0.1, 0.15) is 5.56 Å². The highest BCUT2D eigenvalue weighted by Gasteiger charge is 2.24. The van der Waals surface area contributed by atoms with E-state index in [1.165, 1.54) is 12.1 Å². The third-order valence-electron chi connectivity index (χ3n) is 1.15. The highest BCUT2D eigenvalue weighted by molar-refractivity contribution is 6.46. The molecule has 0 N–H and O–H groups in total. The Kier molecular flexibility index (Phi) is 2.63. The van der Waals surface area contributed by atoms with Gasteiger partial charge in [-0.3, -0.25) is 0 Å². The van der Waals surface area contributed by atoms with E-state index in [1.807, 2.05) is 0 Å². The first-order chi connectivity index (χ1) is 5.00. The Morgan fingerprint density at radius 3 is 2.27 bits per heavy atom. The van der Waals surface area contributed by atoms with Crippen LogP contribution in [0.3, 0.4) is 0 Å². The van der Waals surface area contributed by atoms with Crippen LogP contribution in [0.5, 0.6) is 0 Å². The van der Waals surface area contributed by atoms with E-state index in [9.17, 15) is 4.39 Å². The van der Waals surface area contributed by atoms with Crippen molar-refractivity contribution in [2.75, 3.05) is 0 Å². The number of hydrogen-bond donors (Lipinski definition) is 0. The van der Waals surface area contributed by atoms with E-state index in [4.69, 9.17) is 34.8 Å². The molecule has 0 heterocycles. The second-order valence-corrected chi connectivity index (χ2v) is 3.68. The SMILES string of the molecule is FC(Cl)(Cl)c1cccc(Cl)c1. The van der Waals surface area contributed by atoms with Gasteiger partial charge in [0.25, 0.3) is 4.59 Å². The molecule has 0 atom stereocenters. The first kappa shape index (κ1) is 9.11. The summed E-state index contributed by atoms with van der Waals surface area (Å²) in [5.74, 6) is 0. The van der Waals surface area contributed by atoms with E-state index in [2.05, 4.69) is 0 Å². The van der Waals surface area contributed by atoms with Gasteiger partial charge in [0.2, 0.25) is 0 Å². The van der Waals surface area contributed by atoms with Crippen LogP contribution in [-0.4, -0.2) is 0 Å². The summed E-state index contributed by atoms with van der Waals surface area (Å²) in [6.45, 7) is 0. The fraction of sp³-hybridized carbons (Fsp3) is 0.143. The minimum atomic E-state index is -2.36. The molecule has 0 radical (unpaired) electrons. The summed E-state index contributed by atoms with van der Waals surface area (Å²) in [5.41, 5.74) is 0.147. The molecule has 4 heteroatoms. The number of alkyl halides is 3. The Hall–Kier alpha value is 0.0200. The number of rotatable bonds is 1. The maximum Gasteiger partial charge on any atom is 0.283 e. The molecule has 0 spiro atoms. The van der Waals surface area contributed by atoms with E-state index in [0.29, 0.717) is 5.02 Å². The maximum absolute atomic E-state index is 12.8. The van der Waals surface area contributed by atoms with E-state index in [0.717, 1.165) is 0 Å². The normalized spacial score (nSPS) is 11.6. The molecule has 0 saturated carbocycles.